The summed E-state index contributed by atoms with van der Waals surface area (Å²) >= 11 is 5.92. The number of hydrogen-bond donors (Lipinski definition) is 2. The number of aliphatic carboxylic acids is 1. The number of rotatable bonds is 5. The number of halogens is 1. The van der Waals surface area contributed by atoms with Gasteiger partial charge in [0.2, 0.25) is 0 Å². The predicted octanol–water partition coefficient (Wildman–Crippen LogP) is 3.30. The zero-order valence-corrected chi connectivity index (χ0v) is 13.2. The predicted molar refractivity (Wildman–Crippen MR) is 91.8 cm³/mol. The quantitative estimate of drug-likeness (QED) is 0.755. The van der Waals surface area contributed by atoms with Crippen molar-refractivity contribution in [3.05, 3.63) is 70.9 Å². The number of aromatic nitrogens is 1. The molecule has 0 aliphatic heterocycles. The number of benzene rings is 2. The Morgan fingerprint density at radius 1 is 1.17 bits per heavy atom. The molecule has 0 amide bonds. The van der Waals surface area contributed by atoms with Crippen LogP contribution >= 0.6 is 11.6 Å². The molecule has 3 aromatic rings. The summed E-state index contributed by atoms with van der Waals surface area (Å²) in [6, 6.07) is 14.8. The number of nitrogens with zero attached hydrogens (tertiary/aromatic N) is 1. The highest BCUT2D eigenvalue weighted by atomic mass is 35.5. The highest BCUT2D eigenvalue weighted by Gasteiger charge is 2.16. The molecule has 1 heterocycles. The summed E-state index contributed by atoms with van der Waals surface area (Å²) in [5.41, 5.74) is 8.84. The van der Waals surface area contributed by atoms with E-state index in [0.717, 1.165) is 22.0 Å². The van der Waals surface area contributed by atoms with Gasteiger partial charge in [0.25, 0.3) is 0 Å². The first-order valence-electron chi connectivity index (χ1n) is 7.34. The molecule has 0 spiro atoms. The molecule has 4 nitrogen and oxygen atoms in total. The first kappa shape index (κ1) is 15.6. The molecule has 23 heavy (non-hydrogen) atoms. The minimum Gasteiger partial charge on any atom is -0.480 e. The van der Waals surface area contributed by atoms with Crippen molar-refractivity contribution in [3.8, 4) is 0 Å². The molecule has 0 bridgehead atoms. The minimum absolute atomic E-state index is 0.309. The Hall–Kier alpha value is -2.30. The van der Waals surface area contributed by atoms with Crippen LogP contribution in [0.25, 0.3) is 10.9 Å². The van der Waals surface area contributed by atoms with Crippen molar-refractivity contribution < 1.29 is 9.90 Å². The van der Waals surface area contributed by atoms with Gasteiger partial charge in [0.1, 0.15) is 6.04 Å². The Morgan fingerprint density at radius 2 is 1.87 bits per heavy atom. The maximum absolute atomic E-state index is 11.0. The zero-order valence-electron chi connectivity index (χ0n) is 12.4. The topological polar surface area (TPSA) is 68.2 Å². The second kappa shape index (κ2) is 6.44. The molecule has 0 saturated carbocycles. The van der Waals surface area contributed by atoms with Gasteiger partial charge < -0.3 is 15.4 Å². The number of carboxylic acids is 1. The van der Waals surface area contributed by atoms with E-state index in [9.17, 15) is 4.79 Å². The average Bonchev–Trinajstić information content (AvgIpc) is 2.88. The summed E-state index contributed by atoms with van der Waals surface area (Å²) in [6.45, 7) is 0.694. The van der Waals surface area contributed by atoms with Crippen LogP contribution in [0.2, 0.25) is 5.02 Å². The summed E-state index contributed by atoms with van der Waals surface area (Å²) in [4.78, 5) is 11.0. The van der Waals surface area contributed by atoms with Gasteiger partial charge in [-0.05, 0) is 29.3 Å². The van der Waals surface area contributed by atoms with Crippen molar-refractivity contribution in [3.63, 3.8) is 0 Å². The maximum atomic E-state index is 11.0. The third-order valence-corrected chi connectivity index (χ3v) is 4.15. The highest BCUT2D eigenvalue weighted by Crippen LogP contribution is 2.24. The van der Waals surface area contributed by atoms with Gasteiger partial charge in [0.05, 0.1) is 0 Å². The van der Waals surface area contributed by atoms with Crippen molar-refractivity contribution in [2.45, 2.75) is 19.0 Å². The fourth-order valence-electron chi connectivity index (χ4n) is 2.73. The fourth-order valence-corrected chi connectivity index (χ4v) is 2.85. The van der Waals surface area contributed by atoms with E-state index in [-0.39, 0.29) is 0 Å². The molecule has 3 N–H and O–H groups in total. The highest BCUT2D eigenvalue weighted by molar-refractivity contribution is 6.30. The van der Waals surface area contributed by atoms with Gasteiger partial charge in [-0.15, -0.1) is 0 Å². The van der Waals surface area contributed by atoms with E-state index >= 15 is 0 Å². The van der Waals surface area contributed by atoms with E-state index in [1.54, 1.807) is 0 Å². The van der Waals surface area contributed by atoms with Crippen LogP contribution in [0.3, 0.4) is 0 Å². The standard InChI is InChI=1S/C18H17ClN2O2/c19-14-7-5-12(6-8-14)10-21-11-13(9-16(20)18(22)23)15-3-1-2-4-17(15)21/h1-8,11,16H,9-10,20H2,(H,22,23). The van der Waals surface area contributed by atoms with Crippen LogP contribution in [-0.4, -0.2) is 21.7 Å². The number of nitrogens with two attached hydrogens (primary N) is 1. The largest absolute Gasteiger partial charge is 0.480 e. The second-order valence-corrected chi connectivity index (χ2v) is 6.01. The van der Waals surface area contributed by atoms with Crippen LogP contribution < -0.4 is 5.73 Å². The average molecular weight is 329 g/mol. The van der Waals surface area contributed by atoms with Crippen molar-refractivity contribution in [1.29, 1.82) is 0 Å². The number of carbonyl (C=O) groups is 1. The Morgan fingerprint density at radius 3 is 2.57 bits per heavy atom. The van der Waals surface area contributed by atoms with Crippen LogP contribution in [0.1, 0.15) is 11.1 Å². The van der Waals surface area contributed by atoms with Gasteiger partial charge in [0, 0.05) is 35.1 Å². The maximum Gasteiger partial charge on any atom is 0.320 e. The molecule has 3 rings (SSSR count). The van der Waals surface area contributed by atoms with E-state index in [0.29, 0.717) is 18.0 Å². The Balaban J connectivity index is 1.97. The van der Waals surface area contributed by atoms with Crippen LogP contribution in [0.4, 0.5) is 0 Å². The lowest BCUT2D eigenvalue weighted by atomic mass is 10.1. The molecular formula is C18H17ClN2O2. The van der Waals surface area contributed by atoms with Gasteiger partial charge in [-0.25, -0.2) is 0 Å². The summed E-state index contributed by atoms with van der Waals surface area (Å²) in [7, 11) is 0. The smallest absolute Gasteiger partial charge is 0.320 e. The lowest BCUT2D eigenvalue weighted by Crippen LogP contribution is -2.32. The van der Waals surface area contributed by atoms with Crippen LogP contribution in [-0.2, 0) is 17.8 Å². The summed E-state index contributed by atoms with van der Waals surface area (Å²) in [5, 5.41) is 10.8. The molecule has 5 heteroatoms. The Kier molecular flexibility index (Phi) is 4.37. The molecule has 2 aromatic carbocycles. The summed E-state index contributed by atoms with van der Waals surface area (Å²) < 4.78 is 2.11. The molecule has 0 radical (unpaired) electrons. The molecule has 0 aliphatic carbocycles. The summed E-state index contributed by atoms with van der Waals surface area (Å²) in [6.07, 6.45) is 2.30. The van der Waals surface area contributed by atoms with Gasteiger partial charge >= 0.3 is 5.97 Å². The zero-order chi connectivity index (χ0) is 16.4. The first-order chi connectivity index (χ1) is 11.0. The normalized spacial score (nSPS) is 12.4. The number of carboxylic acid groups (broad SMARTS) is 1. The van der Waals surface area contributed by atoms with E-state index in [1.807, 2.05) is 54.7 Å². The molecular weight excluding hydrogens is 312 g/mol. The fraction of sp³-hybridized carbons (Fsp3) is 0.167. The molecule has 0 fully saturated rings. The third kappa shape index (κ3) is 3.38. The van der Waals surface area contributed by atoms with Crippen molar-refractivity contribution in [2.24, 2.45) is 5.73 Å². The van der Waals surface area contributed by atoms with Crippen LogP contribution in [0, 0.1) is 0 Å². The van der Waals surface area contributed by atoms with E-state index < -0.39 is 12.0 Å². The van der Waals surface area contributed by atoms with Crippen LogP contribution in [0.15, 0.2) is 54.7 Å². The van der Waals surface area contributed by atoms with Gasteiger partial charge in [-0.1, -0.05) is 41.9 Å². The van der Waals surface area contributed by atoms with Gasteiger partial charge in [-0.3, -0.25) is 4.79 Å². The lowest BCUT2D eigenvalue weighted by molar-refractivity contribution is -0.138. The monoisotopic (exact) mass is 328 g/mol. The second-order valence-electron chi connectivity index (χ2n) is 5.57. The molecule has 0 aliphatic rings. The Bertz CT molecular complexity index is 840. The van der Waals surface area contributed by atoms with Crippen molar-refractivity contribution >= 4 is 28.5 Å². The minimum atomic E-state index is -0.987. The third-order valence-electron chi connectivity index (χ3n) is 3.89. The first-order valence-corrected chi connectivity index (χ1v) is 7.72. The van der Waals surface area contributed by atoms with Gasteiger partial charge in [-0.2, -0.15) is 0 Å². The van der Waals surface area contributed by atoms with Crippen molar-refractivity contribution in [2.75, 3.05) is 0 Å². The number of para-hydroxylation sites is 1. The molecule has 0 saturated heterocycles. The number of fused-ring (bicyclic) bond motifs is 1. The van der Waals surface area contributed by atoms with Crippen LogP contribution in [0.5, 0.6) is 0 Å². The number of hydrogen-bond acceptors (Lipinski definition) is 2. The van der Waals surface area contributed by atoms with E-state index in [1.165, 1.54) is 0 Å². The lowest BCUT2D eigenvalue weighted by Gasteiger charge is -2.06. The van der Waals surface area contributed by atoms with E-state index in [4.69, 9.17) is 22.4 Å². The summed E-state index contributed by atoms with van der Waals surface area (Å²) in [5.74, 6) is -0.987. The van der Waals surface area contributed by atoms with E-state index in [2.05, 4.69) is 4.57 Å². The molecule has 1 unspecified atom stereocenters. The Labute approximate surface area is 139 Å². The van der Waals surface area contributed by atoms with Gasteiger partial charge in [0.15, 0.2) is 0 Å². The molecule has 1 atom stereocenters. The van der Waals surface area contributed by atoms with Crippen molar-refractivity contribution in [1.82, 2.24) is 4.57 Å². The molecule has 1 aromatic heterocycles. The molecule has 118 valence electrons. The SMILES string of the molecule is NC(Cc1cn(Cc2ccc(Cl)cc2)c2ccccc12)C(=O)O.